The Morgan fingerprint density at radius 1 is 1.45 bits per heavy atom. The van der Waals surface area contributed by atoms with Crippen molar-refractivity contribution in [2.75, 3.05) is 19.6 Å². The van der Waals surface area contributed by atoms with Crippen LogP contribution in [0, 0.1) is 11.3 Å². The molecule has 20 heavy (non-hydrogen) atoms. The predicted molar refractivity (Wildman–Crippen MR) is 65.0 cm³/mol. The molecule has 0 aliphatic carbocycles. The second kappa shape index (κ2) is 6.43. The van der Waals surface area contributed by atoms with E-state index in [-0.39, 0.29) is 19.5 Å². The van der Waals surface area contributed by atoms with Crippen molar-refractivity contribution in [3.05, 3.63) is 0 Å². The zero-order valence-electron chi connectivity index (χ0n) is 11.2. The SMILES string of the molecule is CCCC(CNC(=O)C1(C(F)(F)F)CCNC1)C(=O)O. The highest BCUT2D eigenvalue weighted by atomic mass is 19.4. The molecule has 1 saturated heterocycles. The number of aliphatic carboxylic acids is 1. The van der Waals surface area contributed by atoms with Gasteiger partial charge in [0.05, 0.1) is 5.92 Å². The Kier molecular flexibility index (Phi) is 5.38. The smallest absolute Gasteiger partial charge is 0.404 e. The van der Waals surface area contributed by atoms with Crippen LogP contribution in [-0.4, -0.2) is 42.8 Å². The van der Waals surface area contributed by atoms with E-state index in [0.717, 1.165) is 0 Å². The van der Waals surface area contributed by atoms with Gasteiger partial charge in [-0.3, -0.25) is 9.59 Å². The Hall–Kier alpha value is -1.31. The van der Waals surface area contributed by atoms with Gasteiger partial charge in [0.25, 0.3) is 0 Å². The molecule has 1 aliphatic heterocycles. The summed E-state index contributed by atoms with van der Waals surface area (Å²) in [5.41, 5.74) is -2.44. The summed E-state index contributed by atoms with van der Waals surface area (Å²) in [6.07, 6.45) is -4.08. The van der Waals surface area contributed by atoms with Gasteiger partial charge in [0.1, 0.15) is 0 Å². The fraction of sp³-hybridized carbons (Fsp3) is 0.833. The minimum absolute atomic E-state index is 0.115. The maximum atomic E-state index is 13.1. The van der Waals surface area contributed by atoms with E-state index >= 15 is 0 Å². The van der Waals surface area contributed by atoms with Crippen molar-refractivity contribution in [3.63, 3.8) is 0 Å². The van der Waals surface area contributed by atoms with E-state index in [9.17, 15) is 22.8 Å². The van der Waals surface area contributed by atoms with Crippen molar-refractivity contribution in [2.24, 2.45) is 11.3 Å². The van der Waals surface area contributed by atoms with Gasteiger partial charge in [-0.2, -0.15) is 13.2 Å². The Morgan fingerprint density at radius 3 is 2.50 bits per heavy atom. The third-order valence-corrected chi connectivity index (χ3v) is 3.63. The zero-order chi connectivity index (χ0) is 15.4. The van der Waals surface area contributed by atoms with Crippen molar-refractivity contribution in [3.8, 4) is 0 Å². The predicted octanol–water partition coefficient (Wildman–Crippen LogP) is 1.15. The average molecular weight is 296 g/mol. The van der Waals surface area contributed by atoms with Crippen LogP contribution in [0.1, 0.15) is 26.2 Å². The van der Waals surface area contributed by atoms with Crippen molar-refractivity contribution >= 4 is 11.9 Å². The zero-order valence-corrected chi connectivity index (χ0v) is 11.2. The van der Waals surface area contributed by atoms with Gasteiger partial charge in [0.15, 0.2) is 5.41 Å². The number of rotatable bonds is 6. The molecule has 0 aromatic carbocycles. The minimum Gasteiger partial charge on any atom is -0.481 e. The molecule has 0 bridgehead atoms. The maximum Gasteiger partial charge on any atom is 0.404 e. The summed E-state index contributed by atoms with van der Waals surface area (Å²) in [4.78, 5) is 22.8. The molecule has 1 aliphatic rings. The van der Waals surface area contributed by atoms with Crippen molar-refractivity contribution in [2.45, 2.75) is 32.4 Å². The monoisotopic (exact) mass is 296 g/mol. The van der Waals surface area contributed by atoms with Crippen LogP contribution in [0.2, 0.25) is 0 Å². The first-order valence-corrected chi connectivity index (χ1v) is 6.53. The Labute approximate surface area is 114 Å². The molecule has 3 N–H and O–H groups in total. The highest BCUT2D eigenvalue weighted by Crippen LogP contribution is 2.43. The van der Waals surface area contributed by atoms with E-state index in [1.54, 1.807) is 6.92 Å². The van der Waals surface area contributed by atoms with E-state index < -0.39 is 35.9 Å². The first-order chi connectivity index (χ1) is 9.24. The van der Waals surface area contributed by atoms with Gasteiger partial charge in [0, 0.05) is 13.1 Å². The van der Waals surface area contributed by atoms with E-state index in [4.69, 9.17) is 5.11 Å². The molecule has 1 rings (SSSR count). The van der Waals surface area contributed by atoms with Gasteiger partial charge in [-0.15, -0.1) is 0 Å². The van der Waals surface area contributed by atoms with Crippen LogP contribution in [0.15, 0.2) is 0 Å². The molecule has 0 saturated carbocycles. The Balaban J connectivity index is 2.71. The Bertz CT molecular complexity index is 365. The lowest BCUT2D eigenvalue weighted by atomic mass is 9.85. The minimum atomic E-state index is -4.65. The van der Waals surface area contributed by atoms with Gasteiger partial charge >= 0.3 is 12.1 Å². The van der Waals surface area contributed by atoms with Crippen LogP contribution in [-0.2, 0) is 9.59 Å². The molecule has 0 aromatic rings. The summed E-state index contributed by atoms with van der Waals surface area (Å²) >= 11 is 0. The van der Waals surface area contributed by atoms with Crippen LogP contribution in [0.4, 0.5) is 13.2 Å². The average Bonchev–Trinajstić information content (AvgIpc) is 2.83. The lowest BCUT2D eigenvalue weighted by molar-refractivity contribution is -0.216. The molecule has 0 aromatic heterocycles. The molecule has 8 heteroatoms. The molecule has 5 nitrogen and oxygen atoms in total. The summed E-state index contributed by atoms with van der Waals surface area (Å²) < 4.78 is 39.2. The van der Waals surface area contributed by atoms with Gasteiger partial charge in [-0.05, 0) is 19.4 Å². The number of hydrogen-bond acceptors (Lipinski definition) is 3. The van der Waals surface area contributed by atoms with E-state index in [0.29, 0.717) is 12.8 Å². The summed E-state index contributed by atoms with van der Waals surface area (Å²) in [5.74, 6) is -3.11. The molecule has 1 heterocycles. The van der Waals surface area contributed by atoms with E-state index in [1.807, 2.05) is 0 Å². The molecule has 116 valence electrons. The standard InChI is InChI=1S/C12H19F3N2O3/c1-2-3-8(9(18)19)6-17-10(20)11(12(13,14)15)4-5-16-7-11/h8,16H,2-7H2,1H3,(H,17,20)(H,18,19). The highest BCUT2D eigenvalue weighted by molar-refractivity contribution is 5.84. The number of carboxylic acid groups (broad SMARTS) is 1. The molecule has 2 atom stereocenters. The number of halogens is 3. The van der Waals surface area contributed by atoms with Crippen molar-refractivity contribution in [1.82, 2.24) is 10.6 Å². The topological polar surface area (TPSA) is 78.4 Å². The highest BCUT2D eigenvalue weighted by Gasteiger charge is 2.61. The number of carbonyl (C=O) groups excluding carboxylic acids is 1. The van der Waals surface area contributed by atoms with E-state index in [2.05, 4.69) is 10.6 Å². The summed E-state index contributed by atoms with van der Waals surface area (Å²) in [6, 6.07) is 0. The molecule has 1 fully saturated rings. The third kappa shape index (κ3) is 3.41. The lowest BCUT2D eigenvalue weighted by Crippen LogP contribution is -2.53. The largest absolute Gasteiger partial charge is 0.481 e. The second-order valence-electron chi connectivity index (χ2n) is 5.04. The number of carboxylic acids is 1. The first kappa shape index (κ1) is 16.7. The van der Waals surface area contributed by atoms with Gasteiger partial charge in [0.2, 0.25) is 5.91 Å². The molecule has 1 amide bonds. The number of hydrogen-bond donors (Lipinski definition) is 3. The van der Waals surface area contributed by atoms with Gasteiger partial charge < -0.3 is 15.7 Å². The Morgan fingerprint density at radius 2 is 2.10 bits per heavy atom. The molecule has 0 radical (unpaired) electrons. The fourth-order valence-electron chi connectivity index (χ4n) is 2.30. The van der Waals surface area contributed by atoms with Crippen LogP contribution >= 0.6 is 0 Å². The molecular weight excluding hydrogens is 277 g/mol. The van der Waals surface area contributed by atoms with Crippen LogP contribution < -0.4 is 10.6 Å². The number of nitrogens with one attached hydrogen (secondary N) is 2. The molecule has 0 spiro atoms. The number of carbonyl (C=O) groups is 2. The molecule has 2 unspecified atom stereocenters. The molecular formula is C12H19F3N2O3. The second-order valence-corrected chi connectivity index (χ2v) is 5.04. The quantitative estimate of drug-likeness (QED) is 0.687. The maximum absolute atomic E-state index is 13.1. The van der Waals surface area contributed by atoms with Crippen LogP contribution in [0.25, 0.3) is 0 Å². The third-order valence-electron chi connectivity index (χ3n) is 3.63. The number of amides is 1. The normalized spacial score (nSPS) is 24.4. The van der Waals surface area contributed by atoms with Crippen LogP contribution in [0.5, 0.6) is 0 Å². The summed E-state index contributed by atoms with van der Waals surface area (Å²) in [7, 11) is 0. The van der Waals surface area contributed by atoms with Crippen LogP contribution in [0.3, 0.4) is 0 Å². The van der Waals surface area contributed by atoms with Gasteiger partial charge in [-0.25, -0.2) is 0 Å². The summed E-state index contributed by atoms with van der Waals surface area (Å²) in [6.45, 7) is 1.15. The van der Waals surface area contributed by atoms with Gasteiger partial charge in [-0.1, -0.05) is 13.3 Å². The number of alkyl halides is 3. The van der Waals surface area contributed by atoms with E-state index in [1.165, 1.54) is 0 Å². The van der Waals surface area contributed by atoms with Crippen molar-refractivity contribution < 1.29 is 27.9 Å². The lowest BCUT2D eigenvalue weighted by Gasteiger charge is -2.29. The summed E-state index contributed by atoms with van der Waals surface area (Å²) in [5, 5.41) is 13.6. The van der Waals surface area contributed by atoms with Crippen molar-refractivity contribution in [1.29, 1.82) is 0 Å². The first-order valence-electron chi connectivity index (χ1n) is 6.53. The fourth-order valence-corrected chi connectivity index (χ4v) is 2.30.